The van der Waals surface area contributed by atoms with Crippen molar-refractivity contribution in [2.75, 3.05) is 4.90 Å². The molecule has 0 aliphatic rings. The van der Waals surface area contributed by atoms with Crippen LogP contribution in [0.2, 0.25) is 0 Å². The second-order valence-corrected chi connectivity index (χ2v) is 15.1. The number of benzene rings is 9. The van der Waals surface area contributed by atoms with Gasteiger partial charge in [0.15, 0.2) is 0 Å². The zero-order chi connectivity index (χ0) is 36.3. The molecule has 0 spiro atoms. The molecule has 0 atom stereocenters. The van der Waals surface area contributed by atoms with Gasteiger partial charge in [-0.3, -0.25) is 0 Å². The molecule has 11 rings (SSSR count). The van der Waals surface area contributed by atoms with E-state index in [1.807, 2.05) is 11.3 Å². The first-order valence-electron chi connectivity index (χ1n) is 18.7. The van der Waals surface area contributed by atoms with Gasteiger partial charge in [0.25, 0.3) is 0 Å². The largest absolute Gasteiger partial charge is 0.455 e. The van der Waals surface area contributed by atoms with Crippen LogP contribution in [0.4, 0.5) is 17.1 Å². The SMILES string of the molecule is c1ccc(-c2ccc(N(c3ccccc3)c3ccc(-c4cccc5c4oc4c6ccccc6c(-c6cccc7sc8ccccc8c67)cc54)cc3)cc2)cc1. The minimum atomic E-state index is 0.906. The van der Waals surface area contributed by atoms with Crippen LogP contribution in [-0.4, -0.2) is 0 Å². The number of thiophene rings is 1. The van der Waals surface area contributed by atoms with Crippen molar-refractivity contribution in [2.45, 2.75) is 0 Å². The summed E-state index contributed by atoms with van der Waals surface area (Å²) in [6, 6.07) is 71.9. The lowest BCUT2D eigenvalue weighted by atomic mass is 9.92. The highest BCUT2D eigenvalue weighted by atomic mass is 32.1. The van der Waals surface area contributed by atoms with Crippen molar-refractivity contribution in [1.82, 2.24) is 0 Å². The molecule has 0 aliphatic carbocycles. The van der Waals surface area contributed by atoms with Gasteiger partial charge in [-0.25, -0.2) is 0 Å². The van der Waals surface area contributed by atoms with Crippen LogP contribution < -0.4 is 4.90 Å². The molecule has 0 radical (unpaired) electrons. The van der Waals surface area contributed by atoms with Gasteiger partial charge in [-0.15, -0.1) is 11.3 Å². The van der Waals surface area contributed by atoms with Crippen molar-refractivity contribution >= 4 is 81.3 Å². The molecule has 9 aromatic carbocycles. The first-order chi connectivity index (χ1) is 27.3. The van der Waals surface area contributed by atoms with Crippen LogP contribution in [0, 0.1) is 0 Å². The minimum absolute atomic E-state index is 0.906. The number of hydrogen-bond acceptors (Lipinski definition) is 3. The van der Waals surface area contributed by atoms with Gasteiger partial charge in [0.1, 0.15) is 11.2 Å². The number of anilines is 3. The molecule has 0 fully saturated rings. The fourth-order valence-electron chi connectivity index (χ4n) is 8.32. The molecule has 0 N–H and O–H groups in total. The highest BCUT2D eigenvalue weighted by Crippen LogP contribution is 2.46. The third-order valence-electron chi connectivity index (χ3n) is 10.9. The van der Waals surface area contributed by atoms with Gasteiger partial charge in [0, 0.05) is 59.0 Å². The normalized spacial score (nSPS) is 11.6. The van der Waals surface area contributed by atoms with Crippen LogP contribution in [0.25, 0.3) is 86.3 Å². The summed E-state index contributed by atoms with van der Waals surface area (Å²) in [5, 5.41) is 7.20. The fourth-order valence-corrected chi connectivity index (χ4v) is 9.45. The topological polar surface area (TPSA) is 16.4 Å². The Bertz CT molecular complexity index is 3180. The molecule has 55 heavy (non-hydrogen) atoms. The van der Waals surface area contributed by atoms with Gasteiger partial charge in [-0.05, 0) is 87.8 Å². The summed E-state index contributed by atoms with van der Waals surface area (Å²) in [7, 11) is 0. The predicted octanol–water partition coefficient (Wildman–Crippen LogP) is 15.6. The third-order valence-corrected chi connectivity index (χ3v) is 12.0. The average Bonchev–Trinajstić information content (AvgIpc) is 3.84. The zero-order valence-corrected chi connectivity index (χ0v) is 30.6. The first-order valence-corrected chi connectivity index (χ1v) is 19.5. The van der Waals surface area contributed by atoms with E-state index in [1.165, 1.54) is 47.8 Å². The molecule has 0 amide bonds. The van der Waals surface area contributed by atoms with E-state index in [-0.39, 0.29) is 0 Å². The molecule has 0 saturated heterocycles. The summed E-state index contributed by atoms with van der Waals surface area (Å²) in [5.41, 5.74) is 12.2. The van der Waals surface area contributed by atoms with Crippen LogP contribution in [-0.2, 0) is 0 Å². The van der Waals surface area contributed by atoms with Crippen molar-refractivity contribution < 1.29 is 4.42 Å². The van der Waals surface area contributed by atoms with E-state index in [0.717, 1.165) is 55.5 Å². The van der Waals surface area contributed by atoms with Crippen molar-refractivity contribution in [3.05, 3.63) is 200 Å². The minimum Gasteiger partial charge on any atom is -0.455 e. The Hall–Kier alpha value is -6.94. The Morgan fingerprint density at radius 2 is 0.855 bits per heavy atom. The van der Waals surface area contributed by atoms with Gasteiger partial charge in [-0.2, -0.15) is 0 Å². The Morgan fingerprint density at radius 1 is 0.327 bits per heavy atom. The molecule has 0 unspecified atom stereocenters. The molecule has 258 valence electrons. The second-order valence-electron chi connectivity index (χ2n) is 14.0. The van der Waals surface area contributed by atoms with Gasteiger partial charge in [0.2, 0.25) is 0 Å². The van der Waals surface area contributed by atoms with Crippen molar-refractivity contribution in [1.29, 1.82) is 0 Å². The number of fused-ring (bicyclic) bond motifs is 8. The van der Waals surface area contributed by atoms with E-state index in [1.54, 1.807) is 0 Å². The summed E-state index contributed by atoms with van der Waals surface area (Å²) in [5.74, 6) is 0. The molecule has 0 bridgehead atoms. The van der Waals surface area contributed by atoms with E-state index in [2.05, 4.69) is 205 Å². The maximum atomic E-state index is 6.94. The Morgan fingerprint density at radius 3 is 1.62 bits per heavy atom. The van der Waals surface area contributed by atoms with E-state index < -0.39 is 0 Å². The number of hydrogen-bond donors (Lipinski definition) is 0. The van der Waals surface area contributed by atoms with Crippen LogP contribution in [0.3, 0.4) is 0 Å². The first kappa shape index (κ1) is 31.6. The van der Waals surface area contributed by atoms with Gasteiger partial charge >= 0.3 is 0 Å². The van der Waals surface area contributed by atoms with Gasteiger partial charge in [-0.1, -0.05) is 146 Å². The van der Waals surface area contributed by atoms with Crippen LogP contribution in [0.15, 0.2) is 205 Å². The molecule has 3 heteroatoms. The fraction of sp³-hybridized carbons (Fsp3) is 0. The molecular weight excluding hydrogens is 687 g/mol. The molecule has 2 nitrogen and oxygen atoms in total. The molecule has 2 heterocycles. The summed E-state index contributed by atoms with van der Waals surface area (Å²) in [4.78, 5) is 2.31. The Labute approximate surface area is 322 Å². The molecular formula is C52H33NOS. The maximum absolute atomic E-state index is 6.94. The van der Waals surface area contributed by atoms with E-state index in [9.17, 15) is 0 Å². The third kappa shape index (κ3) is 5.24. The predicted molar refractivity (Wildman–Crippen MR) is 235 cm³/mol. The van der Waals surface area contributed by atoms with Crippen LogP contribution in [0.1, 0.15) is 0 Å². The van der Waals surface area contributed by atoms with Crippen LogP contribution >= 0.6 is 11.3 Å². The number of furan rings is 1. The Kier molecular flexibility index (Phi) is 7.39. The molecule has 0 saturated carbocycles. The highest BCUT2D eigenvalue weighted by Gasteiger charge is 2.20. The van der Waals surface area contributed by atoms with E-state index in [0.29, 0.717) is 0 Å². The van der Waals surface area contributed by atoms with Crippen LogP contribution in [0.5, 0.6) is 0 Å². The summed E-state index contributed by atoms with van der Waals surface area (Å²) < 4.78 is 9.56. The molecule has 11 aromatic rings. The maximum Gasteiger partial charge on any atom is 0.143 e. The standard InChI is InChI=1S/C52H33NOS/c1-3-13-34(14-4-1)35-25-29-38(30-26-35)53(37-15-5-2-6-16-37)39-31-27-36(28-32-39)40-20-11-22-44-47-33-46(41-17-7-8-18-43(41)52(47)54-51(40)44)42-21-12-24-49-50(42)45-19-9-10-23-48(45)55-49/h1-33H. The van der Waals surface area contributed by atoms with Crippen molar-refractivity contribution in [3.63, 3.8) is 0 Å². The summed E-state index contributed by atoms with van der Waals surface area (Å²) >= 11 is 1.86. The lowest BCUT2D eigenvalue weighted by molar-refractivity contribution is 0.674. The van der Waals surface area contributed by atoms with Gasteiger partial charge < -0.3 is 9.32 Å². The monoisotopic (exact) mass is 719 g/mol. The number of para-hydroxylation sites is 2. The zero-order valence-electron chi connectivity index (χ0n) is 29.8. The van der Waals surface area contributed by atoms with E-state index >= 15 is 0 Å². The van der Waals surface area contributed by atoms with Gasteiger partial charge in [0.05, 0.1) is 0 Å². The molecule has 2 aromatic heterocycles. The smallest absolute Gasteiger partial charge is 0.143 e. The lowest BCUT2D eigenvalue weighted by Crippen LogP contribution is -2.09. The molecule has 0 aliphatic heterocycles. The second kappa shape index (κ2) is 12.9. The lowest BCUT2D eigenvalue weighted by Gasteiger charge is -2.26. The van der Waals surface area contributed by atoms with E-state index in [4.69, 9.17) is 4.42 Å². The summed E-state index contributed by atoms with van der Waals surface area (Å²) in [6.45, 7) is 0. The van der Waals surface area contributed by atoms with Crippen molar-refractivity contribution in [2.24, 2.45) is 0 Å². The highest BCUT2D eigenvalue weighted by molar-refractivity contribution is 7.25. The number of nitrogens with zero attached hydrogens (tertiary/aromatic N) is 1. The summed E-state index contributed by atoms with van der Waals surface area (Å²) in [6.07, 6.45) is 0. The average molecular weight is 720 g/mol. The Balaban J connectivity index is 1.04. The number of rotatable bonds is 6. The van der Waals surface area contributed by atoms with Crippen molar-refractivity contribution in [3.8, 4) is 33.4 Å². The quantitative estimate of drug-likeness (QED) is 0.170.